The van der Waals surface area contributed by atoms with Gasteiger partial charge in [0.15, 0.2) is 0 Å². The molecular weight excluding hydrogens is 264 g/mol. The summed E-state index contributed by atoms with van der Waals surface area (Å²) in [7, 11) is -1.51. The Balaban J connectivity index is 2.51. The van der Waals surface area contributed by atoms with Gasteiger partial charge in [-0.25, -0.2) is 12.7 Å². The van der Waals surface area contributed by atoms with Gasteiger partial charge in [0.2, 0.25) is 10.0 Å². The smallest absolute Gasteiger partial charge is 0.219 e. The van der Waals surface area contributed by atoms with Gasteiger partial charge in [0, 0.05) is 26.7 Å². The van der Waals surface area contributed by atoms with Crippen LogP contribution in [0.4, 0.5) is 0 Å². The molecule has 0 radical (unpaired) electrons. The lowest BCUT2D eigenvalue weighted by Gasteiger charge is -2.36. The molecule has 114 valence electrons. The molecule has 1 unspecified atom stereocenters. The van der Waals surface area contributed by atoms with Gasteiger partial charge in [-0.3, -0.25) is 0 Å². The van der Waals surface area contributed by atoms with Crippen LogP contribution in [0, 0.1) is 5.92 Å². The molecule has 1 aliphatic heterocycles. The van der Waals surface area contributed by atoms with Crippen molar-refractivity contribution in [1.29, 1.82) is 0 Å². The lowest BCUT2D eigenvalue weighted by atomic mass is 10.00. The summed E-state index contributed by atoms with van der Waals surface area (Å²) in [5.41, 5.74) is 0. The maximum Gasteiger partial charge on any atom is 0.219 e. The van der Waals surface area contributed by atoms with Crippen LogP contribution >= 0.6 is 0 Å². The first-order valence-corrected chi connectivity index (χ1v) is 8.42. The number of hydrogen-bond acceptors (Lipinski definition) is 4. The lowest BCUT2D eigenvalue weighted by Crippen LogP contribution is -2.49. The number of nitrogens with zero attached hydrogens (tertiary/aromatic N) is 1. The maximum atomic E-state index is 12.4. The van der Waals surface area contributed by atoms with E-state index in [1.54, 1.807) is 32.2 Å². The highest BCUT2D eigenvalue weighted by atomic mass is 32.2. The quantitative estimate of drug-likeness (QED) is 0.744. The molecule has 0 aromatic rings. The molecule has 1 heterocycles. The van der Waals surface area contributed by atoms with E-state index in [0.717, 1.165) is 25.9 Å². The molecule has 0 aliphatic carbocycles. The van der Waals surface area contributed by atoms with Gasteiger partial charge in [0.25, 0.3) is 0 Å². The third-order valence-corrected chi connectivity index (χ3v) is 6.07. The van der Waals surface area contributed by atoms with Crippen molar-refractivity contribution >= 4 is 10.0 Å². The van der Waals surface area contributed by atoms with Crippen LogP contribution in [0.25, 0.3) is 0 Å². The van der Waals surface area contributed by atoms with E-state index in [-0.39, 0.29) is 0 Å². The minimum atomic E-state index is -3.19. The first-order valence-electron chi connectivity index (χ1n) is 6.98. The third kappa shape index (κ3) is 4.70. The summed E-state index contributed by atoms with van der Waals surface area (Å²) in [4.78, 5) is 0. The van der Waals surface area contributed by atoms with E-state index in [0.29, 0.717) is 25.6 Å². The number of hydrogen-bond donors (Lipinski definition) is 1. The fourth-order valence-corrected chi connectivity index (χ4v) is 3.83. The SMILES string of the molecule is COCCNCC1CCCN(S(=O)(=O)C(C)(C)C)C1. The average Bonchev–Trinajstić information content (AvgIpc) is 2.34. The zero-order valence-electron chi connectivity index (χ0n) is 12.6. The maximum absolute atomic E-state index is 12.4. The highest BCUT2D eigenvalue weighted by Gasteiger charge is 2.37. The molecule has 6 heteroatoms. The summed E-state index contributed by atoms with van der Waals surface area (Å²) in [6.07, 6.45) is 2.04. The summed E-state index contributed by atoms with van der Waals surface area (Å²) in [6.45, 7) is 8.97. The fourth-order valence-electron chi connectivity index (χ4n) is 2.28. The Hall–Kier alpha value is -0.170. The van der Waals surface area contributed by atoms with Crippen molar-refractivity contribution in [3.05, 3.63) is 0 Å². The van der Waals surface area contributed by atoms with E-state index >= 15 is 0 Å². The number of nitrogens with one attached hydrogen (secondary N) is 1. The van der Waals surface area contributed by atoms with Gasteiger partial charge in [0.05, 0.1) is 11.4 Å². The normalized spacial score (nSPS) is 22.6. The van der Waals surface area contributed by atoms with Crippen LogP contribution in [-0.2, 0) is 14.8 Å². The number of sulfonamides is 1. The Bertz CT molecular complexity index is 363. The molecule has 0 amide bonds. The molecule has 1 saturated heterocycles. The molecule has 1 N–H and O–H groups in total. The lowest BCUT2D eigenvalue weighted by molar-refractivity contribution is 0.193. The Morgan fingerprint density at radius 1 is 1.37 bits per heavy atom. The second kappa shape index (κ2) is 7.02. The number of methoxy groups -OCH3 is 1. The standard InChI is InChI=1S/C13H28N2O3S/c1-13(2,3)19(16,17)15-8-5-6-12(11-15)10-14-7-9-18-4/h12,14H,5-11H2,1-4H3. The molecule has 0 aromatic heterocycles. The second-order valence-electron chi connectivity index (χ2n) is 6.18. The van der Waals surface area contributed by atoms with Crippen LogP contribution < -0.4 is 5.32 Å². The van der Waals surface area contributed by atoms with Crippen LogP contribution in [0.1, 0.15) is 33.6 Å². The van der Waals surface area contributed by atoms with Crippen molar-refractivity contribution in [2.24, 2.45) is 5.92 Å². The van der Waals surface area contributed by atoms with E-state index in [1.807, 2.05) is 0 Å². The molecule has 0 bridgehead atoms. The molecule has 1 atom stereocenters. The largest absolute Gasteiger partial charge is 0.383 e. The molecule has 1 rings (SSSR count). The summed E-state index contributed by atoms with van der Waals surface area (Å²) in [5.74, 6) is 0.405. The molecule has 0 aromatic carbocycles. The number of ether oxygens (including phenoxy) is 1. The predicted octanol–water partition coefficient (Wildman–Crippen LogP) is 1.06. The molecular formula is C13H28N2O3S. The van der Waals surface area contributed by atoms with E-state index in [4.69, 9.17) is 4.74 Å². The topological polar surface area (TPSA) is 58.6 Å². The Kier molecular flexibility index (Phi) is 6.23. The predicted molar refractivity (Wildman–Crippen MR) is 77.7 cm³/mol. The molecule has 0 spiro atoms. The van der Waals surface area contributed by atoms with Crippen molar-refractivity contribution in [3.8, 4) is 0 Å². The van der Waals surface area contributed by atoms with E-state index in [9.17, 15) is 8.42 Å². The summed E-state index contributed by atoms with van der Waals surface area (Å²) in [5, 5.41) is 3.32. The minimum absolute atomic E-state index is 0.405. The Morgan fingerprint density at radius 2 is 2.05 bits per heavy atom. The Labute approximate surface area is 117 Å². The zero-order valence-corrected chi connectivity index (χ0v) is 13.4. The third-order valence-electron chi connectivity index (χ3n) is 3.51. The molecule has 0 saturated carbocycles. The zero-order chi connectivity index (χ0) is 14.5. The molecule has 19 heavy (non-hydrogen) atoms. The van der Waals surface area contributed by atoms with E-state index < -0.39 is 14.8 Å². The van der Waals surface area contributed by atoms with Crippen LogP contribution in [0.2, 0.25) is 0 Å². The van der Waals surface area contributed by atoms with Crippen molar-refractivity contribution in [1.82, 2.24) is 9.62 Å². The average molecular weight is 292 g/mol. The monoisotopic (exact) mass is 292 g/mol. The van der Waals surface area contributed by atoms with Gasteiger partial charge in [-0.05, 0) is 46.1 Å². The highest BCUT2D eigenvalue weighted by molar-refractivity contribution is 7.90. The first-order chi connectivity index (χ1) is 8.79. The van der Waals surface area contributed by atoms with Gasteiger partial charge in [-0.2, -0.15) is 0 Å². The summed E-state index contributed by atoms with van der Waals surface area (Å²) in [6, 6.07) is 0. The van der Waals surface area contributed by atoms with Gasteiger partial charge in [0.1, 0.15) is 0 Å². The Morgan fingerprint density at radius 3 is 2.63 bits per heavy atom. The van der Waals surface area contributed by atoms with Gasteiger partial charge >= 0.3 is 0 Å². The molecule has 1 fully saturated rings. The highest BCUT2D eigenvalue weighted by Crippen LogP contribution is 2.25. The fraction of sp³-hybridized carbons (Fsp3) is 1.00. The molecule has 1 aliphatic rings. The first kappa shape index (κ1) is 16.9. The minimum Gasteiger partial charge on any atom is -0.383 e. The van der Waals surface area contributed by atoms with Crippen molar-refractivity contribution in [3.63, 3.8) is 0 Å². The number of piperidine rings is 1. The van der Waals surface area contributed by atoms with Gasteiger partial charge in [-0.1, -0.05) is 0 Å². The summed E-state index contributed by atoms with van der Waals surface area (Å²) >= 11 is 0. The van der Waals surface area contributed by atoms with Crippen molar-refractivity contribution in [2.45, 2.75) is 38.4 Å². The van der Waals surface area contributed by atoms with Crippen molar-refractivity contribution < 1.29 is 13.2 Å². The van der Waals surface area contributed by atoms with Crippen molar-refractivity contribution in [2.75, 3.05) is 39.9 Å². The van der Waals surface area contributed by atoms with Crippen LogP contribution in [0.3, 0.4) is 0 Å². The van der Waals surface area contributed by atoms with Crippen LogP contribution in [0.5, 0.6) is 0 Å². The van der Waals surface area contributed by atoms with E-state index in [1.165, 1.54) is 0 Å². The van der Waals surface area contributed by atoms with Crippen LogP contribution in [0.15, 0.2) is 0 Å². The van der Waals surface area contributed by atoms with Gasteiger partial charge in [-0.15, -0.1) is 0 Å². The number of rotatable bonds is 6. The molecule has 5 nitrogen and oxygen atoms in total. The van der Waals surface area contributed by atoms with Gasteiger partial charge < -0.3 is 10.1 Å². The summed E-state index contributed by atoms with van der Waals surface area (Å²) < 4.78 is 30.8. The van der Waals surface area contributed by atoms with Crippen LogP contribution in [-0.4, -0.2) is 57.4 Å². The second-order valence-corrected chi connectivity index (χ2v) is 8.87. The van der Waals surface area contributed by atoms with E-state index in [2.05, 4.69) is 5.32 Å².